The van der Waals surface area contributed by atoms with Gasteiger partial charge in [-0.05, 0) is 83.4 Å². The van der Waals surface area contributed by atoms with Crippen LogP contribution in [-0.4, -0.2) is 20.1 Å². The Morgan fingerprint density at radius 1 is 0.944 bits per heavy atom. The molecule has 1 aliphatic carbocycles. The molecule has 0 aliphatic heterocycles. The van der Waals surface area contributed by atoms with E-state index in [0.29, 0.717) is 20.6 Å². The molecule has 4 nitrogen and oxygen atoms in total. The minimum Gasteiger partial charge on any atom is -0.321 e. The molecular formula is C28H25Cl2NO3S2. The smallest absolute Gasteiger partial charge is 0.265 e. The molecule has 1 amide bonds. The number of benzene rings is 3. The molecule has 0 unspecified atom stereocenters. The summed E-state index contributed by atoms with van der Waals surface area (Å²) in [5, 5.41) is 5.21. The lowest BCUT2D eigenvalue weighted by Gasteiger charge is -2.22. The number of carbonyl (C=O) groups excluding carboxylic acids is 1. The fourth-order valence-corrected chi connectivity index (χ4v) is 6.89. The Labute approximate surface area is 226 Å². The maximum absolute atomic E-state index is 13.2. The van der Waals surface area contributed by atoms with Gasteiger partial charge in [0.1, 0.15) is 10.7 Å². The van der Waals surface area contributed by atoms with Crippen LogP contribution in [0.2, 0.25) is 10.0 Å². The van der Waals surface area contributed by atoms with E-state index < -0.39 is 16.1 Å². The fraction of sp³-hybridized carbons (Fsp3) is 0.250. The van der Waals surface area contributed by atoms with Crippen molar-refractivity contribution in [2.24, 2.45) is 0 Å². The number of thiophene rings is 1. The third kappa shape index (κ3) is 5.05. The number of hydrogen-bond acceptors (Lipinski definition) is 4. The number of fused-ring (bicyclic) bond motifs is 1. The zero-order valence-electron chi connectivity index (χ0n) is 19.8. The van der Waals surface area contributed by atoms with Crippen LogP contribution in [0.5, 0.6) is 0 Å². The first kappa shape index (κ1) is 25.3. The van der Waals surface area contributed by atoms with Gasteiger partial charge < -0.3 is 5.32 Å². The van der Waals surface area contributed by atoms with Gasteiger partial charge in [-0.25, -0.2) is 8.42 Å². The van der Waals surface area contributed by atoms with Crippen molar-refractivity contribution >= 4 is 66.9 Å². The number of halogens is 2. The standard InChI is InChI=1S/C28H25Cl2NO3S2/c1-27(2,16-36(33)34)19-5-8-24-17(11-19)12-25(35-24)26(32)31-23-14-20(13-22(30)15-23)28(9-10-28)18-3-6-21(29)7-4-18/h3-8,11-15,36H,9-10,16H2,1-2H3,(H,31,32). The van der Waals surface area contributed by atoms with Gasteiger partial charge in [-0.2, -0.15) is 0 Å². The summed E-state index contributed by atoms with van der Waals surface area (Å²) in [4.78, 5) is 13.7. The van der Waals surface area contributed by atoms with E-state index in [0.717, 1.165) is 34.1 Å². The van der Waals surface area contributed by atoms with Crippen LogP contribution in [0.4, 0.5) is 5.69 Å². The number of carbonyl (C=O) groups is 1. The number of anilines is 1. The predicted molar refractivity (Wildman–Crippen MR) is 151 cm³/mol. The third-order valence-electron chi connectivity index (χ3n) is 6.90. The maximum atomic E-state index is 13.2. The molecule has 0 radical (unpaired) electrons. The average molecular weight is 559 g/mol. The molecule has 4 aromatic rings. The highest BCUT2D eigenvalue weighted by Crippen LogP contribution is 2.54. The van der Waals surface area contributed by atoms with Gasteiger partial charge in [0.25, 0.3) is 5.91 Å². The monoisotopic (exact) mass is 557 g/mol. The van der Waals surface area contributed by atoms with Crippen LogP contribution in [0, 0.1) is 0 Å². The molecule has 36 heavy (non-hydrogen) atoms. The Morgan fingerprint density at radius 2 is 1.67 bits per heavy atom. The van der Waals surface area contributed by atoms with Gasteiger partial charge in [0, 0.05) is 31.3 Å². The quantitative estimate of drug-likeness (QED) is 0.232. The molecule has 186 valence electrons. The molecule has 0 atom stereocenters. The molecule has 1 fully saturated rings. The van der Waals surface area contributed by atoms with Crippen LogP contribution < -0.4 is 5.32 Å². The van der Waals surface area contributed by atoms with E-state index in [-0.39, 0.29) is 17.1 Å². The van der Waals surface area contributed by atoms with Crippen LogP contribution in [-0.2, 0) is 21.5 Å². The fourth-order valence-electron chi connectivity index (χ4n) is 4.76. The van der Waals surface area contributed by atoms with Gasteiger partial charge in [-0.15, -0.1) is 11.3 Å². The van der Waals surface area contributed by atoms with Crippen molar-refractivity contribution in [2.45, 2.75) is 37.5 Å². The van der Waals surface area contributed by atoms with Gasteiger partial charge in [-0.3, -0.25) is 4.79 Å². The largest absolute Gasteiger partial charge is 0.321 e. The minimum atomic E-state index is -2.49. The predicted octanol–water partition coefficient (Wildman–Crippen LogP) is 7.43. The highest BCUT2D eigenvalue weighted by Gasteiger charge is 2.46. The second-order valence-corrected chi connectivity index (χ2v) is 12.9. The lowest BCUT2D eigenvalue weighted by Crippen LogP contribution is -2.23. The maximum Gasteiger partial charge on any atom is 0.265 e. The number of hydrogen-bond donors (Lipinski definition) is 2. The zero-order chi connectivity index (χ0) is 25.7. The summed E-state index contributed by atoms with van der Waals surface area (Å²) >= 11 is 14.0. The van der Waals surface area contributed by atoms with E-state index in [4.69, 9.17) is 23.2 Å². The van der Waals surface area contributed by atoms with Crippen LogP contribution >= 0.6 is 34.5 Å². The number of rotatable bonds is 7. The Hall–Kier alpha value is -2.38. The Kier molecular flexibility index (Phi) is 6.66. The topological polar surface area (TPSA) is 63.2 Å². The van der Waals surface area contributed by atoms with Crippen molar-refractivity contribution in [3.8, 4) is 0 Å². The molecule has 1 aromatic heterocycles. The van der Waals surface area contributed by atoms with E-state index in [2.05, 4.69) is 17.4 Å². The van der Waals surface area contributed by atoms with Crippen molar-refractivity contribution in [1.29, 1.82) is 0 Å². The molecule has 1 aliphatic rings. The highest BCUT2D eigenvalue weighted by atomic mass is 35.5. The molecule has 1 N–H and O–H groups in total. The van der Waals surface area contributed by atoms with E-state index >= 15 is 0 Å². The summed E-state index contributed by atoms with van der Waals surface area (Å²) in [6.07, 6.45) is 2.02. The molecule has 8 heteroatoms. The first-order valence-electron chi connectivity index (χ1n) is 11.6. The molecule has 1 heterocycles. The van der Waals surface area contributed by atoms with Gasteiger partial charge in [0.2, 0.25) is 0 Å². The van der Waals surface area contributed by atoms with E-state index in [1.54, 1.807) is 6.07 Å². The first-order chi connectivity index (χ1) is 17.1. The lowest BCUT2D eigenvalue weighted by molar-refractivity contribution is 0.103. The summed E-state index contributed by atoms with van der Waals surface area (Å²) < 4.78 is 23.6. The zero-order valence-corrected chi connectivity index (χ0v) is 23.0. The van der Waals surface area contributed by atoms with Crippen molar-refractivity contribution in [2.75, 3.05) is 11.1 Å². The number of nitrogens with one attached hydrogen (secondary N) is 1. The molecule has 3 aromatic carbocycles. The molecular weight excluding hydrogens is 533 g/mol. The van der Waals surface area contributed by atoms with E-state index in [1.807, 2.05) is 62.4 Å². The molecule has 0 spiro atoms. The molecule has 0 bridgehead atoms. The third-order valence-corrected chi connectivity index (χ3v) is 9.53. The molecule has 0 saturated heterocycles. The van der Waals surface area contributed by atoms with Crippen LogP contribution in [0.15, 0.2) is 66.7 Å². The highest BCUT2D eigenvalue weighted by molar-refractivity contribution is 7.72. The second-order valence-electron chi connectivity index (χ2n) is 10.0. The summed E-state index contributed by atoms with van der Waals surface area (Å²) in [6.45, 7) is 3.82. The van der Waals surface area contributed by atoms with Crippen LogP contribution in [0.1, 0.15) is 53.1 Å². The number of thiol groups is 1. The van der Waals surface area contributed by atoms with Gasteiger partial charge in [-0.1, -0.05) is 55.2 Å². The molecule has 5 rings (SSSR count). The summed E-state index contributed by atoms with van der Waals surface area (Å²) in [7, 11) is -2.49. The van der Waals surface area contributed by atoms with Crippen LogP contribution in [0.25, 0.3) is 10.1 Å². The minimum absolute atomic E-state index is 0.0694. The Morgan fingerprint density at radius 3 is 2.33 bits per heavy atom. The summed E-state index contributed by atoms with van der Waals surface area (Å²) in [5.74, 6) is -0.135. The SMILES string of the molecule is CC(C)(C[SH](=O)=O)c1ccc2sc(C(=O)Nc3cc(Cl)cc(C4(c5ccc(Cl)cc5)CC4)c3)cc2c1. The Bertz CT molecular complexity index is 1540. The Balaban J connectivity index is 1.40. The van der Waals surface area contributed by atoms with Crippen molar-refractivity contribution < 1.29 is 13.2 Å². The first-order valence-corrected chi connectivity index (χ1v) is 14.5. The normalized spacial score (nSPS) is 14.8. The van der Waals surface area contributed by atoms with Gasteiger partial charge in [0.05, 0.1) is 10.6 Å². The average Bonchev–Trinajstić information content (AvgIpc) is 3.50. The van der Waals surface area contributed by atoms with Crippen LogP contribution in [0.3, 0.4) is 0 Å². The van der Waals surface area contributed by atoms with Gasteiger partial charge >= 0.3 is 0 Å². The number of amides is 1. The summed E-state index contributed by atoms with van der Waals surface area (Å²) in [5.41, 5.74) is 3.23. The lowest BCUT2D eigenvalue weighted by atomic mass is 9.86. The van der Waals surface area contributed by atoms with E-state index in [1.165, 1.54) is 16.9 Å². The van der Waals surface area contributed by atoms with Crippen molar-refractivity contribution in [3.63, 3.8) is 0 Å². The van der Waals surface area contributed by atoms with Gasteiger partial charge in [0.15, 0.2) is 0 Å². The molecule has 1 saturated carbocycles. The van der Waals surface area contributed by atoms with Crippen molar-refractivity contribution in [1.82, 2.24) is 0 Å². The van der Waals surface area contributed by atoms with Crippen molar-refractivity contribution in [3.05, 3.63) is 98.3 Å². The van der Waals surface area contributed by atoms with E-state index in [9.17, 15) is 13.2 Å². The second kappa shape index (κ2) is 9.49. The summed E-state index contributed by atoms with van der Waals surface area (Å²) in [6, 6.07) is 21.4.